The predicted molar refractivity (Wildman–Crippen MR) is 319 cm³/mol. The molecule has 0 radical (unpaired) electrons. The van der Waals surface area contributed by atoms with Crippen LogP contribution >= 0.6 is 0 Å². The minimum atomic E-state index is -1.25. The lowest BCUT2D eigenvalue weighted by atomic mass is 9.89. The minimum absolute atomic E-state index is 0.0176. The average molecular weight is 1150 g/mol. The molecule has 436 valence electrons. The van der Waals surface area contributed by atoms with Crippen LogP contribution in [0.1, 0.15) is 120 Å². The molecule has 6 atom stereocenters. The number of nitrogens with one attached hydrogen (secondary N) is 4. The molecule has 85 heavy (non-hydrogen) atoms. The number of aromatic nitrogens is 4. The lowest BCUT2D eigenvalue weighted by Gasteiger charge is -2.40. The molecule has 4 unspecified atom stereocenters. The number of halogens is 2. The van der Waals surface area contributed by atoms with E-state index in [4.69, 9.17) is 9.97 Å². The topological polar surface area (TPSA) is 200 Å². The highest BCUT2D eigenvalue weighted by molar-refractivity contribution is 5.88. The number of fused-ring (bicyclic) bond motifs is 4. The van der Waals surface area contributed by atoms with Crippen molar-refractivity contribution in [2.24, 2.45) is 11.8 Å². The van der Waals surface area contributed by atoms with Crippen molar-refractivity contribution in [3.05, 3.63) is 184 Å². The second-order valence-corrected chi connectivity index (χ2v) is 24.5. The molecule has 14 rings (SSSR count). The molecule has 16 nitrogen and oxygen atoms in total. The number of carbonyl (C=O) groups excluding carboxylic acids is 2. The van der Waals surface area contributed by atoms with Gasteiger partial charge < -0.3 is 45.5 Å². The highest BCUT2D eigenvalue weighted by Gasteiger charge is 2.49. The summed E-state index contributed by atoms with van der Waals surface area (Å²) in [5.41, 5.74) is 10.7. The number of benzene rings is 6. The van der Waals surface area contributed by atoms with Crippen LogP contribution in [0.15, 0.2) is 127 Å². The Balaban J connectivity index is 0.794. The van der Waals surface area contributed by atoms with Gasteiger partial charge in [-0.15, -0.1) is 0 Å². The second-order valence-electron chi connectivity index (χ2n) is 24.5. The van der Waals surface area contributed by atoms with Crippen LogP contribution in [0.4, 0.5) is 35.4 Å². The maximum atomic E-state index is 17.3. The zero-order chi connectivity index (χ0) is 58.1. The predicted octanol–water partition coefficient (Wildman–Crippen LogP) is 11.7. The van der Waals surface area contributed by atoms with Crippen LogP contribution in [-0.2, 0) is 35.3 Å². The summed E-state index contributed by atoms with van der Waals surface area (Å²) < 4.78 is 34.6. The lowest BCUT2D eigenvalue weighted by Crippen LogP contribution is -2.52. The number of likely N-dealkylation sites (tertiary alicyclic amines) is 2. The first-order chi connectivity index (χ1) is 41.4. The van der Waals surface area contributed by atoms with E-state index < -0.39 is 48.0 Å². The molecule has 0 spiro atoms. The number of rotatable bonds is 13. The monoisotopic (exact) mass is 1150 g/mol. The standard InChI is InChI=1S/C67H68F2N10O6/c68-50-36-49(37-51(69)61(50)76-28-24-40(25-29-76)39-11-2-1-3-12-39)79(48-21-23-53-55(38-48)73-63(71-53)57-18-9-27-78(57)65(81)60(75-67(84)85)47-33-43-15-6-7-16-44(43)34-47)30-10-19-58(79)45-20-22-52-54(35-45)72-62(70-52)56-17-8-26-77(56)64(80)59(74-66(82)83)46-31-41-13-4-5-14-42(41)32-46/h1-7,11-16,20-23,35-38,40,46-47,56-60,74-75H,8-10,17-19,24-34H2,(H3-,70,71,72,73,82,83,84,85)/p+1/t56?,57?,58-,59?,60?,79-/m0/s1. The Labute approximate surface area is 490 Å². The van der Waals surface area contributed by atoms with Crippen LogP contribution in [0, 0.1) is 23.5 Å². The summed E-state index contributed by atoms with van der Waals surface area (Å²) in [4.78, 5) is 76.5. The van der Waals surface area contributed by atoms with E-state index in [1.807, 2.05) is 102 Å². The van der Waals surface area contributed by atoms with E-state index in [0.717, 1.165) is 64.7 Å². The van der Waals surface area contributed by atoms with E-state index in [9.17, 15) is 29.4 Å². The van der Waals surface area contributed by atoms with Gasteiger partial charge >= 0.3 is 12.2 Å². The Morgan fingerprint density at radius 3 is 1.55 bits per heavy atom. The maximum Gasteiger partial charge on any atom is 0.405 e. The molecule has 2 aliphatic carbocycles. The summed E-state index contributed by atoms with van der Waals surface area (Å²) in [7, 11) is 0. The van der Waals surface area contributed by atoms with Crippen molar-refractivity contribution in [3.63, 3.8) is 0 Å². The molecular formula is C67H69F2N10O6+. The largest absolute Gasteiger partial charge is 0.465 e. The van der Waals surface area contributed by atoms with Gasteiger partial charge in [0.05, 0.1) is 40.7 Å². The molecule has 0 bridgehead atoms. The average Bonchev–Trinajstić information content (AvgIpc) is 2.77. The first-order valence-corrected chi connectivity index (χ1v) is 30.3. The van der Waals surface area contributed by atoms with E-state index in [1.54, 1.807) is 9.80 Å². The van der Waals surface area contributed by atoms with Gasteiger partial charge in [-0.05, 0) is 128 Å². The van der Waals surface area contributed by atoms with Crippen molar-refractivity contribution in [2.75, 3.05) is 37.6 Å². The number of piperidine rings is 1. The number of quaternary nitrogens is 1. The maximum absolute atomic E-state index is 17.3. The highest BCUT2D eigenvalue weighted by atomic mass is 19.1. The van der Waals surface area contributed by atoms with Crippen molar-refractivity contribution in [1.29, 1.82) is 0 Å². The number of anilines is 1. The van der Waals surface area contributed by atoms with Crippen LogP contribution in [0.3, 0.4) is 0 Å². The highest BCUT2D eigenvalue weighted by Crippen LogP contribution is 2.53. The lowest BCUT2D eigenvalue weighted by molar-refractivity contribution is -0.136. The van der Waals surface area contributed by atoms with Gasteiger partial charge in [0.1, 0.15) is 46.8 Å². The zero-order valence-corrected chi connectivity index (χ0v) is 47.2. The van der Waals surface area contributed by atoms with Crippen LogP contribution in [0.5, 0.6) is 0 Å². The van der Waals surface area contributed by atoms with Crippen LogP contribution in [0.25, 0.3) is 22.1 Å². The van der Waals surface area contributed by atoms with E-state index >= 15 is 8.78 Å². The van der Waals surface area contributed by atoms with E-state index in [2.05, 4.69) is 38.8 Å². The fraction of sp³-hybridized carbons (Fsp3) is 0.373. The summed E-state index contributed by atoms with van der Waals surface area (Å²) in [6.45, 7) is 2.46. The molecule has 6 aromatic carbocycles. The van der Waals surface area contributed by atoms with Crippen LogP contribution in [-0.4, -0.2) is 109 Å². The Morgan fingerprint density at radius 2 is 1.04 bits per heavy atom. The van der Waals surface area contributed by atoms with Crippen molar-refractivity contribution in [2.45, 2.75) is 113 Å². The van der Waals surface area contributed by atoms with Gasteiger partial charge in [-0.25, -0.2) is 28.3 Å². The van der Waals surface area contributed by atoms with Crippen molar-refractivity contribution < 1.29 is 38.2 Å². The van der Waals surface area contributed by atoms with Gasteiger partial charge in [0.15, 0.2) is 11.6 Å². The first kappa shape index (κ1) is 54.3. The van der Waals surface area contributed by atoms with Gasteiger partial charge in [-0.2, -0.15) is 0 Å². The molecule has 4 fully saturated rings. The van der Waals surface area contributed by atoms with Gasteiger partial charge in [0.2, 0.25) is 11.8 Å². The molecule has 4 amide bonds. The third-order valence-electron chi connectivity index (χ3n) is 19.8. The number of hydrogen-bond donors (Lipinski definition) is 6. The van der Waals surface area contributed by atoms with Crippen LogP contribution < -0.4 is 20.0 Å². The Kier molecular flexibility index (Phi) is 14.1. The van der Waals surface area contributed by atoms with E-state index in [-0.39, 0.29) is 39.9 Å². The van der Waals surface area contributed by atoms with E-state index in [1.165, 1.54) is 17.7 Å². The molecule has 4 saturated heterocycles. The Hall–Kier alpha value is -8.64. The SMILES string of the molecule is O=C(O)NC(C(=O)N1CCCC1c1nc2ccc([C@@H]3CCC[N@@+]3(c3cc(F)c(N4CCC(c5ccccc5)CC4)c(F)c3)c3ccc4nc(C5CCCN5C(=O)C(NC(=O)O)C5Cc6ccccc6C5)[nH]c4c3)cc2[nH]1)C1Cc2ccccc2C1. The molecule has 6 N–H and O–H groups in total. The number of nitrogens with zero attached hydrogens (tertiary/aromatic N) is 6. The number of imidazole rings is 2. The Bertz CT molecular complexity index is 3830. The summed E-state index contributed by atoms with van der Waals surface area (Å²) in [6, 6.07) is 38.4. The summed E-state index contributed by atoms with van der Waals surface area (Å²) >= 11 is 0. The second kappa shape index (κ2) is 22.1. The molecule has 4 aliphatic heterocycles. The molecule has 18 heteroatoms. The summed E-state index contributed by atoms with van der Waals surface area (Å²) in [5.74, 6) is -0.737. The smallest absolute Gasteiger partial charge is 0.405 e. The third kappa shape index (κ3) is 9.90. The summed E-state index contributed by atoms with van der Waals surface area (Å²) in [5, 5.41) is 25.2. The van der Waals surface area contributed by atoms with Crippen LogP contribution in [0.2, 0.25) is 0 Å². The van der Waals surface area contributed by atoms with Gasteiger partial charge in [0.25, 0.3) is 0 Å². The Morgan fingerprint density at radius 1 is 0.541 bits per heavy atom. The third-order valence-corrected chi connectivity index (χ3v) is 19.8. The normalized spacial score (nSPS) is 22.5. The molecule has 6 heterocycles. The first-order valence-electron chi connectivity index (χ1n) is 30.3. The molecule has 2 aromatic heterocycles. The summed E-state index contributed by atoms with van der Waals surface area (Å²) in [6.07, 6.45) is 5.56. The number of hydrogen-bond acceptors (Lipinski definition) is 7. The molecule has 6 aliphatic rings. The number of carbonyl (C=O) groups is 4. The quantitative estimate of drug-likeness (QED) is 0.0608. The molecule has 0 saturated carbocycles. The fourth-order valence-corrected chi connectivity index (χ4v) is 15.9. The van der Waals surface area contributed by atoms with Crippen molar-refractivity contribution in [3.8, 4) is 0 Å². The van der Waals surface area contributed by atoms with Gasteiger partial charge in [-0.1, -0.05) is 84.9 Å². The number of H-pyrrole nitrogens is 2. The van der Waals surface area contributed by atoms with Crippen molar-refractivity contribution in [1.82, 2.24) is 44.9 Å². The number of carboxylic acid groups (broad SMARTS) is 2. The van der Waals surface area contributed by atoms with Crippen molar-refractivity contribution >= 4 is 63.1 Å². The minimum Gasteiger partial charge on any atom is -0.465 e. The van der Waals surface area contributed by atoms with Gasteiger partial charge in [-0.3, -0.25) is 14.1 Å². The number of amides is 4. The van der Waals surface area contributed by atoms with Gasteiger partial charge in [0, 0.05) is 68.8 Å². The van der Waals surface area contributed by atoms with E-state index in [0.29, 0.717) is 124 Å². The zero-order valence-electron chi connectivity index (χ0n) is 47.2. The fourth-order valence-electron chi connectivity index (χ4n) is 15.9. The molecular weight excluding hydrogens is 1080 g/mol. The molecule has 8 aromatic rings. The number of aromatic amines is 2.